The fraction of sp³-hybridized carbons (Fsp3) is 0. The molecule has 0 fully saturated rings. The van der Waals surface area contributed by atoms with Crippen molar-refractivity contribution in [3.8, 4) is 0 Å². The molecular weight excluding hydrogens is 170 g/mol. The van der Waals surface area contributed by atoms with Crippen LogP contribution in [0.4, 0.5) is 0 Å². The first-order valence-electron chi connectivity index (χ1n) is 0.894. The first-order valence-corrected chi connectivity index (χ1v) is 2.68. The summed E-state index contributed by atoms with van der Waals surface area (Å²) in [4.78, 5) is 29.3. The summed E-state index contributed by atoms with van der Waals surface area (Å²) in [5, 5.41) is 0. The molecule has 0 aromatic heterocycles. The molecular formula is H5MnNaO4Si. The van der Waals surface area contributed by atoms with E-state index in [0.29, 0.717) is 0 Å². The third kappa shape index (κ3) is 94.8. The summed E-state index contributed by atoms with van der Waals surface area (Å²) in [7, 11) is -4.61. The van der Waals surface area contributed by atoms with Crippen LogP contribution in [0.2, 0.25) is 0 Å². The van der Waals surface area contributed by atoms with Crippen molar-refractivity contribution in [3.05, 3.63) is 0 Å². The summed E-state index contributed by atoms with van der Waals surface area (Å²) < 4.78 is 0. The van der Waals surface area contributed by atoms with E-state index in [9.17, 15) is 0 Å². The van der Waals surface area contributed by atoms with Crippen LogP contribution in [0.5, 0.6) is 0 Å². The van der Waals surface area contributed by atoms with Gasteiger partial charge in [-0.1, -0.05) is 0 Å². The summed E-state index contributed by atoms with van der Waals surface area (Å²) in [6.45, 7) is 0. The molecule has 0 unspecified atom stereocenters. The van der Waals surface area contributed by atoms with E-state index in [-0.39, 0.29) is 46.6 Å². The predicted octanol–water partition coefficient (Wildman–Crippen LogP) is -3.26. The van der Waals surface area contributed by atoms with Crippen LogP contribution in [0, 0.1) is 0 Å². The van der Waals surface area contributed by atoms with Gasteiger partial charge in [0.2, 0.25) is 0 Å². The van der Waals surface area contributed by atoms with E-state index in [0.717, 1.165) is 0 Å². The molecule has 0 saturated carbocycles. The minimum absolute atomic E-state index is 0. The van der Waals surface area contributed by atoms with Gasteiger partial charge in [-0.15, -0.1) is 0 Å². The van der Waals surface area contributed by atoms with E-state index in [1.54, 1.807) is 0 Å². The van der Waals surface area contributed by atoms with Crippen molar-refractivity contribution in [3.63, 3.8) is 0 Å². The van der Waals surface area contributed by atoms with Gasteiger partial charge in [0.25, 0.3) is 0 Å². The van der Waals surface area contributed by atoms with Crippen molar-refractivity contribution in [1.82, 2.24) is 0 Å². The molecule has 0 bridgehead atoms. The zero-order chi connectivity index (χ0) is 4.50. The van der Waals surface area contributed by atoms with Gasteiger partial charge in [-0.3, -0.25) is 0 Å². The molecule has 7 heavy (non-hydrogen) atoms. The van der Waals surface area contributed by atoms with Crippen molar-refractivity contribution >= 4 is 38.6 Å². The van der Waals surface area contributed by atoms with Crippen molar-refractivity contribution in [1.29, 1.82) is 0 Å². The fourth-order valence-corrected chi connectivity index (χ4v) is 0. The van der Waals surface area contributed by atoms with Crippen LogP contribution in [-0.2, 0) is 17.1 Å². The maximum atomic E-state index is 7.33. The predicted molar refractivity (Wildman–Crippen MR) is 21.8 cm³/mol. The molecule has 0 aliphatic carbocycles. The summed E-state index contributed by atoms with van der Waals surface area (Å²) >= 11 is 0. The van der Waals surface area contributed by atoms with Crippen LogP contribution in [0.25, 0.3) is 0 Å². The van der Waals surface area contributed by atoms with Gasteiger partial charge in [-0.05, 0) is 0 Å². The second-order valence-corrected chi connectivity index (χ2v) is 1.80. The molecule has 0 aliphatic rings. The van der Waals surface area contributed by atoms with Crippen LogP contribution < -0.4 is 0 Å². The Morgan fingerprint density at radius 2 is 0.857 bits per heavy atom. The quantitative estimate of drug-likeness (QED) is 0.291. The Balaban J connectivity index is -0.0000000800. The Bertz CT molecular complexity index is 27.2. The molecule has 0 amide bonds. The molecule has 0 spiro atoms. The SMILES string of the molecule is O[Si](O)(O)O.[Mn].[NaH]. The van der Waals surface area contributed by atoms with Gasteiger partial charge in [-0.25, -0.2) is 0 Å². The van der Waals surface area contributed by atoms with Gasteiger partial charge >= 0.3 is 38.6 Å². The van der Waals surface area contributed by atoms with Crippen molar-refractivity contribution in [2.45, 2.75) is 0 Å². The zero-order valence-corrected chi connectivity index (χ0v) is 4.85. The summed E-state index contributed by atoms with van der Waals surface area (Å²) in [5.74, 6) is 0. The zero-order valence-electron chi connectivity index (χ0n) is 2.67. The standard InChI is InChI=1S/Mn.Na.H4O4Si.H/c;;1-5(2,3)4;/h;;1-4H;. The molecule has 0 heterocycles. The average molecular weight is 175 g/mol. The van der Waals surface area contributed by atoms with E-state index in [1.165, 1.54) is 0 Å². The van der Waals surface area contributed by atoms with Gasteiger partial charge in [0, 0.05) is 17.1 Å². The van der Waals surface area contributed by atoms with Gasteiger partial charge in [0.05, 0.1) is 0 Å². The summed E-state index contributed by atoms with van der Waals surface area (Å²) in [5.41, 5.74) is 0. The van der Waals surface area contributed by atoms with Crippen molar-refractivity contribution < 1.29 is 36.3 Å². The van der Waals surface area contributed by atoms with Crippen LogP contribution in [-0.4, -0.2) is 57.8 Å². The number of hydrogen-bond acceptors (Lipinski definition) is 4. The second kappa shape index (κ2) is 5.71. The van der Waals surface area contributed by atoms with E-state index in [4.69, 9.17) is 19.2 Å². The first-order chi connectivity index (χ1) is 2.00. The molecule has 4 N–H and O–H groups in total. The molecule has 7 heteroatoms. The van der Waals surface area contributed by atoms with Gasteiger partial charge in [0.1, 0.15) is 0 Å². The second-order valence-electron chi connectivity index (χ2n) is 0.600. The third-order valence-corrected chi connectivity index (χ3v) is 0. The minimum atomic E-state index is -4.61. The van der Waals surface area contributed by atoms with Crippen LogP contribution in [0.15, 0.2) is 0 Å². The monoisotopic (exact) mass is 175 g/mol. The molecule has 1 radical (unpaired) electrons. The Labute approximate surface area is 74.4 Å². The molecule has 4 nitrogen and oxygen atoms in total. The van der Waals surface area contributed by atoms with Crippen LogP contribution in [0.3, 0.4) is 0 Å². The fourth-order valence-electron chi connectivity index (χ4n) is 0. The Morgan fingerprint density at radius 1 is 0.857 bits per heavy atom. The van der Waals surface area contributed by atoms with Gasteiger partial charge in [-0.2, -0.15) is 0 Å². The molecule has 0 aliphatic heterocycles. The molecule has 0 rings (SSSR count). The van der Waals surface area contributed by atoms with Gasteiger partial charge in [0.15, 0.2) is 0 Å². The Kier molecular flexibility index (Phi) is 12.9. The third-order valence-electron chi connectivity index (χ3n) is 0. The van der Waals surface area contributed by atoms with E-state index in [1.807, 2.05) is 0 Å². The van der Waals surface area contributed by atoms with Crippen LogP contribution >= 0.6 is 0 Å². The Hall–Kier alpha value is 1.58. The molecule has 0 aromatic carbocycles. The Morgan fingerprint density at radius 3 is 0.857 bits per heavy atom. The molecule has 0 aromatic rings. The summed E-state index contributed by atoms with van der Waals surface area (Å²) in [6, 6.07) is 0. The van der Waals surface area contributed by atoms with Crippen molar-refractivity contribution in [2.24, 2.45) is 0 Å². The number of rotatable bonds is 0. The molecule has 0 atom stereocenters. The molecule has 41 valence electrons. The van der Waals surface area contributed by atoms with E-state index < -0.39 is 9.05 Å². The average Bonchev–Trinajstić information content (AvgIpc) is 0.722. The number of hydrogen-bond donors (Lipinski definition) is 4. The first kappa shape index (κ1) is 15.8. The van der Waals surface area contributed by atoms with E-state index in [2.05, 4.69) is 0 Å². The normalized spacial score (nSPS) is 8.57. The summed E-state index contributed by atoms with van der Waals surface area (Å²) in [6.07, 6.45) is 0. The molecule has 0 saturated heterocycles. The van der Waals surface area contributed by atoms with E-state index >= 15 is 0 Å². The topological polar surface area (TPSA) is 80.9 Å². The maximum absolute atomic E-state index is 7.33. The van der Waals surface area contributed by atoms with Crippen LogP contribution in [0.1, 0.15) is 0 Å². The van der Waals surface area contributed by atoms with Gasteiger partial charge < -0.3 is 19.2 Å². The van der Waals surface area contributed by atoms with Crippen molar-refractivity contribution in [2.75, 3.05) is 0 Å².